The molecule has 1 rings (SSSR count). The first-order valence-electron chi connectivity index (χ1n) is 4.36. The molecule has 1 aliphatic heterocycles. The molecule has 0 aromatic carbocycles. The Kier molecular flexibility index (Phi) is 2.57. The quantitative estimate of drug-likeness (QED) is 0.655. The maximum Gasteiger partial charge on any atom is 0.408 e. The minimum Gasteiger partial charge on any atom is -0.465 e. The van der Waals surface area contributed by atoms with Crippen molar-refractivity contribution < 1.29 is 9.90 Å². The normalized spacial score (nSPS) is 29.3. The molecule has 1 heterocycles. The van der Waals surface area contributed by atoms with Crippen LogP contribution in [0.3, 0.4) is 0 Å². The van der Waals surface area contributed by atoms with Crippen LogP contribution >= 0.6 is 0 Å². The van der Waals surface area contributed by atoms with E-state index < -0.39 is 6.09 Å². The summed E-state index contributed by atoms with van der Waals surface area (Å²) in [6.07, 6.45) is 1.90. The molecule has 1 atom stereocenters. The summed E-state index contributed by atoms with van der Waals surface area (Å²) < 4.78 is 0. The molecule has 12 heavy (non-hydrogen) atoms. The topological polar surface area (TPSA) is 52.6 Å². The van der Waals surface area contributed by atoms with Gasteiger partial charge in [-0.25, -0.2) is 4.79 Å². The highest BCUT2D eigenvalue weighted by molar-refractivity contribution is 5.66. The van der Waals surface area contributed by atoms with E-state index >= 15 is 0 Å². The molecule has 0 saturated carbocycles. The molecule has 0 aliphatic carbocycles. The maximum absolute atomic E-state index is 10.8. The van der Waals surface area contributed by atoms with Crippen molar-refractivity contribution in [3.05, 3.63) is 0 Å². The molecule has 0 bridgehead atoms. The summed E-state index contributed by atoms with van der Waals surface area (Å²) >= 11 is 0. The lowest BCUT2D eigenvalue weighted by molar-refractivity contribution is 0.0844. The van der Waals surface area contributed by atoms with Crippen LogP contribution in [-0.4, -0.2) is 35.4 Å². The zero-order valence-corrected chi connectivity index (χ0v) is 7.63. The highest BCUT2D eigenvalue weighted by Crippen LogP contribution is 2.29. The second-order valence-electron chi connectivity index (χ2n) is 3.17. The van der Waals surface area contributed by atoms with Gasteiger partial charge in [0.15, 0.2) is 0 Å². The lowest BCUT2D eigenvalue weighted by Crippen LogP contribution is -2.55. The van der Waals surface area contributed by atoms with Crippen molar-refractivity contribution in [3.63, 3.8) is 0 Å². The zero-order chi connectivity index (χ0) is 9.19. The van der Waals surface area contributed by atoms with Gasteiger partial charge in [0.1, 0.15) is 0 Å². The minimum atomic E-state index is -0.816. The van der Waals surface area contributed by atoms with Gasteiger partial charge >= 0.3 is 6.09 Å². The highest BCUT2D eigenvalue weighted by Gasteiger charge is 2.40. The minimum absolute atomic E-state index is 0.300. The van der Waals surface area contributed by atoms with Crippen LogP contribution in [0.15, 0.2) is 0 Å². The van der Waals surface area contributed by atoms with Crippen LogP contribution in [0.2, 0.25) is 0 Å². The van der Waals surface area contributed by atoms with Gasteiger partial charge in [-0.3, -0.25) is 10.2 Å². The molecule has 0 aromatic heterocycles. The zero-order valence-electron chi connectivity index (χ0n) is 7.63. The van der Waals surface area contributed by atoms with Gasteiger partial charge in [-0.1, -0.05) is 6.92 Å². The van der Waals surface area contributed by atoms with Crippen molar-refractivity contribution in [3.8, 4) is 0 Å². The van der Waals surface area contributed by atoms with E-state index in [-0.39, 0.29) is 5.66 Å². The van der Waals surface area contributed by atoms with E-state index in [9.17, 15) is 4.79 Å². The van der Waals surface area contributed by atoms with Gasteiger partial charge in [-0.2, -0.15) is 0 Å². The molecule has 70 valence electrons. The number of hydrogen-bond donors (Lipinski definition) is 2. The molecule has 0 spiro atoms. The summed E-state index contributed by atoms with van der Waals surface area (Å²) in [5, 5.41) is 12.0. The van der Waals surface area contributed by atoms with E-state index in [4.69, 9.17) is 5.11 Å². The first kappa shape index (κ1) is 9.32. The Morgan fingerprint density at radius 2 is 2.42 bits per heavy atom. The van der Waals surface area contributed by atoms with E-state index in [0.717, 1.165) is 19.3 Å². The van der Waals surface area contributed by atoms with Gasteiger partial charge in [-0.15, -0.1) is 0 Å². The third-order valence-electron chi connectivity index (χ3n) is 2.77. The number of rotatable bonds is 2. The second kappa shape index (κ2) is 3.31. The molecule has 4 nitrogen and oxygen atoms in total. The molecule has 1 unspecified atom stereocenters. The summed E-state index contributed by atoms with van der Waals surface area (Å²) in [5.41, 5.74) is -0.300. The van der Waals surface area contributed by atoms with E-state index in [1.54, 1.807) is 0 Å². The van der Waals surface area contributed by atoms with E-state index in [2.05, 4.69) is 5.32 Å². The molecular weight excluding hydrogens is 156 g/mol. The number of carbonyl (C=O) groups is 1. The Balaban J connectivity index is 2.78. The van der Waals surface area contributed by atoms with Crippen LogP contribution in [0.25, 0.3) is 0 Å². The standard InChI is InChI=1S/C8H16N2O2/c1-3-8(9-2)5-4-6-10(8)7(11)12/h9H,3-6H2,1-2H3,(H,11,12). The van der Waals surface area contributed by atoms with E-state index in [0.29, 0.717) is 6.54 Å². The van der Waals surface area contributed by atoms with Crippen LogP contribution < -0.4 is 5.32 Å². The summed E-state index contributed by atoms with van der Waals surface area (Å²) in [5.74, 6) is 0. The van der Waals surface area contributed by atoms with Crippen LogP contribution in [0.1, 0.15) is 26.2 Å². The fraction of sp³-hybridized carbons (Fsp3) is 0.875. The van der Waals surface area contributed by atoms with Crippen molar-refractivity contribution in [1.82, 2.24) is 10.2 Å². The van der Waals surface area contributed by atoms with Crippen LogP contribution in [-0.2, 0) is 0 Å². The van der Waals surface area contributed by atoms with Crippen molar-refractivity contribution >= 4 is 6.09 Å². The third-order valence-corrected chi connectivity index (χ3v) is 2.77. The van der Waals surface area contributed by atoms with Crippen LogP contribution in [0.4, 0.5) is 4.79 Å². The summed E-state index contributed by atoms with van der Waals surface area (Å²) in [4.78, 5) is 12.3. The Labute approximate surface area is 72.6 Å². The molecule has 1 saturated heterocycles. The Hall–Kier alpha value is -0.770. The van der Waals surface area contributed by atoms with Crippen molar-refractivity contribution in [1.29, 1.82) is 0 Å². The van der Waals surface area contributed by atoms with Gasteiger partial charge in [0.2, 0.25) is 0 Å². The molecule has 1 amide bonds. The summed E-state index contributed by atoms with van der Waals surface area (Å²) in [6, 6.07) is 0. The second-order valence-corrected chi connectivity index (χ2v) is 3.17. The van der Waals surface area contributed by atoms with Crippen molar-refractivity contribution in [2.24, 2.45) is 0 Å². The molecule has 0 radical (unpaired) electrons. The molecule has 4 heteroatoms. The number of nitrogens with one attached hydrogen (secondary N) is 1. The molecule has 1 fully saturated rings. The monoisotopic (exact) mass is 172 g/mol. The Morgan fingerprint density at radius 1 is 1.75 bits per heavy atom. The Bertz CT molecular complexity index is 178. The predicted octanol–water partition coefficient (Wildman–Crippen LogP) is 1.09. The van der Waals surface area contributed by atoms with Crippen LogP contribution in [0.5, 0.6) is 0 Å². The van der Waals surface area contributed by atoms with Gasteiger partial charge in [0.25, 0.3) is 0 Å². The number of carboxylic acid groups (broad SMARTS) is 1. The molecular formula is C8H16N2O2. The van der Waals surface area contributed by atoms with Gasteiger partial charge in [0, 0.05) is 6.54 Å². The lowest BCUT2D eigenvalue weighted by Gasteiger charge is -2.35. The smallest absolute Gasteiger partial charge is 0.408 e. The summed E-state index contributed by atoms with van der Waals surface area (Å²) in [6.45, 7) is 2.67. The highest BCUT2D eigenvalue weighted by atomic mass is 16.4. The largest absolute Gasteiger partial charge is 0.465 e. The SMILES string of the molecule is CCC1(NC)CCCN1C(=O)O. The molecule has 0 aromatic rings. The fourth-order valence-electron chi connectivity index (χ4n) is 1.96. The summed E-state index contributed by atoms with van der Waals surface area (Å²) in [7, 11) is 1.82. The molecule has 1 aliphatic rings. The average Bonchev–Trinajstić information content (AvgIpc) is 2.48. The maximum atomic E-state index is 10.8. The lowest BCUT2D eigenvalue weighted by atomic mass is 10.0. The predicted molar refractivity (Wildman–Crippen MR) is 46.0 cm³/mol. The first-order valence-corrected chi connectivity index (χ1v) is 4.36. The van der Waals surface area contributed by atoms with Crippen LogP contribution in [0, 0.1) is 0 Å². The average molecular weight is 172 g/mol. The van der Waals surface area contributed by atoms with Crippen molar-refractivity contribution in [2.75, 3.05) is 13.6 Å². The fourth-order valence-corrected chi connectivity index (χ4v) is 1.96. The van der Waals surface area contributed by atoms with Crippen molar-refractivity contribution in [2.45, 2.75) is 31.8 Å². The number of hydrogen-bond acceptors (Lipinski definition) is 2. The van der Waals surface area contributed by atoms with E-state index in [1.807, 2.05) is 14.0 Å². The number of likely N-dealkylation sites (tertiary alicyclic amines) is 1. The Morgan fingerprint density at radius 3 is 2.75 bits per heavy atom. The number of nitrogens with zero attached hydrogens (tertiary/aromatic N) is 1. The molecule has 2 N–H and O–H groups in total. The third kappa shape index (κ3) is 1.27. The van der Waals surface area contributed by atoms with E-state index in [1.165, 1.54) is 4.90 Å². The van der Waals surface area contributed by atoms with Gasteiger partial charge in [-0.05, 0) is 26.3 Å². The number of amides is 1. The first-order chi connectivity index (χ1) is 5.66. The van der Waals surface area contributed by atoms with Gasteiger partial charge < -0.3 is 5.11 Å². The van der Waals surface area contributed by atoms with Gasteiger partial charge in [0.05, 0.1) is 5.66 Å².